The van der Waals surface area contributed by atoms with Crippen molar-refractivity contribution < 1.29 is 13.2 Å². The van der Waals surface area contributed by atoms with Crippen LogP contribution in [-0.4, -0.2) is 0 Å². The van der Waals surface area contributed by atoms with Crippen molar-refractivity contribution in [2.75, 3.05) is 0 Å². The minimum absolute atomic E-state index is 0.326. The monoisotopic (exact) mass is 312 g/mol. The van der Waals surface area contributed by atoms with E-state index >= 15 is 0 Å². The number of halogens is 4. The zero-order valence-corrected chi connectivity index (χ0v) is 10.8. The molecule has 0 amide bonds. The van der Waals surface area contributed by atoms with Crippen LogP contribution >= 0.6 is 15.9 Å². The number of hydrogen-bond acceptors (Lipinski definition) is 0. The van der Waals surface area contributed by atoms with Crippen LogP contribution in [0.15, 0.2) is 40.9 Å². The predicted molar refractivity (Wildman–Crippen MR) is 67.4 cm³/mol. The third-order valence-electron chi connectivity index (χ3n) is 3.22. The highest BCUT2D eigenvalue weighted by atomic mass is 79.9. The van der Waals surface area contributed by atoms with Crippen LogP contribution in [0.1, 0.15) is 16.7 Å². The average molecular weight is 313 g/mol. The van der Waals surface area contributed by atoms with Crippen LogP contribution in [0, 0.1) is 0 Å². The SMILES string of the molecule is FC(F)(F)c1ccc(Br)c2c1-c1ccccc1C2. The summed E-state index contributed by atoms with van der Waals surface area (Å²) >= 11 is 3.34. The normalized spacial score (nSPS) is 13.3. The number of benzene rings is 2. The number of fused-ring (bicyclic) bond motifs is 3. The average Bonchev–Trinajstić information content (AvgIpc) is 2.68. The summed E-state index contributed by atoms with van der Waals surface area (Å²) in [5, 5.41) is 0. The second-order valence-corrected chi connectivity index (χ2v) is 5.13. The van der Waals surface area contributed by atoms with Gasteiger partial charge in [-0.25, -0.2) is 0 Å². The van der Waals surface area contributed by atoms with Crippen LogP contribution in [0.2, 0.25) is 0 Å². The Balaban J connectivity index is 2.35. The van der Waals surface area contributed by atoms with Gasteiger partial charge in [0.1, 0.15) is 0 Å². The van der Waals surface area contributed by atoms with Crippen molar-refractivity contribution in [3.63, 3.8) is 0 Å². The topological polar surface area (TPSA) is 0 Å². The molecular weight excluding hydrogens is 305 g/mol. The fourth-order valence-electron chi connectivity index (χ4n) is 2.45. The summed E-state index contributed by atoms with van der Waals surface area (Å²) in [6.07, 6.45) is -3.77. The molecule has 0 nitrogen and oxygen atoms in total. The molecule has 2 aromatic rings. The van der Waals surface area contributed by atoms with Crippen LogP contribution in [0.25, 0.3) is 11.1 Å². The zero-order valence-electron chi connectivity index (χ0n) is 9.18. The summed E-state index contributed by atoms with van der Waals surface area (Å²) in [5.41, 5.74) is 2.15. The molecule has 0 radical (unpaired) electrons. The lowest BCUT2D eigenvalue weighted by Crippen LogP contribution is -2.07. The summed E-state index contributed by atoms with van der Waals surface area (Å²) in [4.78, 5) is 0. The molecule has 1 aliphatic rings. The Bertz CT molecular complexity index is 629. The fraction of sp³-hybridized carbons (Fsp3) is 0.143. The van der Waals surface area contributed by atoms with Crippen molar-refractivity contribution in [1.82, 2.24) is 0 Å². The van der Waals surface area contributed by atoms with Crippen LogP contribution < -0.4 is 0 Å². The van der Waals surface area contributed by atoms with Gasteiger partial charge in [0.05, 0.1) is 5.56 Å². The molecule has 1 aliphatic carbocycles. The second-order valence-electron chi connectivity index (χ2n) is 4.28. The van der Waals surface area contributed by atoms with Gasteiger partial charge in [-0.3, -0.25) is 0 Å². The van der Waals surface area contributed by atoms with Gasteiger partial charge in [-0.05, 0) is 40.8 Å². The van der Waals surface area contributed by atoms with E-state index in [1.807, 2.05) is 12.1 Å². The number of alkyl halides is 3. The minimum Gasteiger partial charge on any atom is -0.166 e. The maximum absolute atomic E-state index is 13.1. The summed E-state index contributed by atoms with van der Waals surface area (Å²) in [6, 6.07) is 9.88. The van der Waals surface area contributed by atoms with Crippen LogP contribution in [0.5, 0.6) is 0 Å². The second kappa shape index (κ2) is 3.85. The molecule has 0 aliphatic heterocycles. The van der Waals surface area contributed by atoms with Gasteiger partial charge in [-0.15, -0.1) is 0 Å². The summed E-state index contributed by atoms with van der Waals surface area (Å²) < 4.78 is 39.9. The molecule has 92 valence electrons. The van der Waals surface area contributed by atoms with Gasteiger partial charge in [0.15, 0.2) is 0 Å². The number of rotatable bonds is 0. The summed E-state index contributed by atoms with van der Waals surface area (Å²) in [5.74, 6) is 0. The van der Waals surface area contributed by atoms with Crippen molar-refractivity contribution in [2.45, 2.75) is 12.6 Å². The van der Waals surface area contributed by atoms with Gasteiger partial charge < -0.3 is 0 Å². The molecule has 2 aromatic carbocycles. The Morgan fingerprint density at radius 3 is 2.44 bits per heavy atom. The van der Waals surface area contributed by atoms with E-state index in [2.05, 4.69) is 15.9 Å². The van der Waals surface area contributed by atoms with Gasteiger partial charge in [0, 0.05) is 4.47 Å². The third kappa shape index (κ3) is 1.67. The molecule has 0 N–H and O–H groups in total. The molecule has 0 fully saturated rings. The minimum atomic E-state index is -4.32. The van der Waals surface area contributed by atoms with Crippen LogP contribution in [-0.2, 0) is 12.6 Å². The molecule has 0 aromatic heterocycles. The van der Waals surface area contributed by atoms with Gasteiger partial charge in [0.25, 0.3) is 0 Å². The molecule has 0 saturated carbocycles. The lowest BCUT2D eigenvalue weighted by Gasteiger charge is -2.13. The van der Waals surface area contributed by atoms with Crippen molar-refractivity contribution in [3.8, 4) is 11.1 Å². The standard InChI is InChI=1S/C14H8BrF3/c15-12-6-5-11(14(16,17)18)13-9-4-2-1-3-8(9)7-10(12)13/h1-6H,7H2. The van der Waals surface area contributed by atoms with E-state index in [4.69, 9.17) is 0 Å². The molecule has 4 heteroatoms. The third-order valence-corrected chi connectivity index (χ3v) is 3.96. The molecule has 0 atom stereocenters. The van der Waals surface area contributed by atoms with E-state index in [1.54, 1.807) is 12.1 Å². The smallest absolute Gasteiger partial charge is 0.166 e. The number of hydrogen-bond donors (Lipinski definition) is 0. The molecule has 0 saturated heterocycles. The fourth-order valence-corrected chi connectivity index (χ4v) is 2.92. The first-order chi connectivity index (χ1) is 8.48. The Labute approximate surface area is 111 Å². The van der Waals surface area contributed by atoms with Gasteiger partial charge in [-0.2, -0.15) is 13.2 Å². The first-order valence-corrected chi connectivity index (χ1v) is 6.24. The Kier molecular flexibility index (Phi) is 2.52. The van der Waals surface area contributed by atoms with Crippen molar-refractivity contribution in [1.29, 1.82) is 0 Å². The molecule has 0 heterocycles. The lowest BCUT2D eigenvalue weighted by atomic mass is 9.99. The Morgan fingerprint density at radius 2 is 1.72 bits per heavy atom. The van der Waals surface area contributed by atoms with Crippen molar-refractivity contribution in [2.24, 2.45) is 0 Å². The largest absolute Gasteiger partial charge is 0.417 e. The summed E-state index contributed by atoms with van der Waals surface area (Å²) in [7, 11) is 0. The molecule has 0 unspecified atom stereocenters. The van der Waals surface area contributed by atoms with E-state index in [1.165, 1.54) is 6.07 Å². The first kappa shape index (κ1) is 11.8. The van der Waals surface area contributed by atoms with Crippen molar-refractivity contribution in [3.05, 3.63) is 57.6 Å². The molecule has 3 rings (SSSR count). The highest BCUT2D eigenvalue weighted by molar-refractivity contribution is 9.10. The molecular formula is C14H8BrF3. The van der Waals surface area contributed by atoms with Crippen LogP contribution in [0.3, 0.4) is 0 Å². The predicted octanol–water partition coefficient (Wildman–Crippen LogP) is 5.04. The maximum atomic E-state index is 13.1. The van der Waals surface area contributed by atoms with Gasteiger partial charge in [-0.1, -0.05) is 40.2 Å². The molecule has 0 bridgehead atoms. The lowest BCUT2D eigenvalue weighted by molar-refractivity contribution is -0.137. The molecule has 18 heavy (non-hydrogen) atoms. The Hall–Kier alpha value is -1.29. The van der Waals surface area contributed by atoms with E-state index in [0.29, 0.717) is 17.5 Å². The van der Waals surface area contributed by atoms with E-state index in [-0.39, 0.29) is 0 Å². The first-order valence-electron chi connectivity index (χ1n) is 5.45. The zero-order chi connectivity index (χ0) is 12.9. The van der Waals surface area contributed by atoms with Gasteiger partial charge >= 0.3 is 6.18 Å². The summed E-state index contributed by atoms with van der Waals surface area (Å²) in [6.45, 7) is 0. The Morgan fingerprint density at radius 1 is 1.00 bits per heavy atom. The van der Waals surface area contributed by atoms with E-state index < -0.39 is 11.7 Å². The maximum Gasteiger partial charge on any atom is 0.417 e. The van der Waals surface area contributed by atoms with Crippen molar-refractivity contribution >= 4 is 15.9 Å². The van der Waals surface area contributed by atoms with Crippen LogP contribution in [0.4, 0.5) is 13.2 Å². The quantitative estimate of drug-likeness (QED) is 0.545. The highest BCUT2D eigenvalue weighted by Gasteiger charge is 2.37. The highest BCUT2D eigenvalue weighted by Crippen LogP contribution is 2.47. The van der Waals surface area contributed by atoms with E-state index in [9.17, 15) is 13.2 Å². The van der Waals surface area contributed by atoms with Gasteiger partial charge in [0.2, 0.25) is 0 Å². The van der Waals surface area contributed by atoms with E-state index in [0.717, 1.165) is 21.7 Å². The molecule has 0 spiro atoms.